The van der Waals surface area contributed by atoms with Crippen molar-refractivity contribution < 1.29 is 14.6 Å². The molecule has 0 aliphatic rings. The summed E-state index contributed by atoms with van der Waals surface area (Å²) in [7, 11) is 1.55. The molecule has 0 aliphatic carbocycles. The van der Waals surface area contributed by atoms with Gasteiger partial charge < -0.3 is 15.2 Å². The molecule has 0 aromatic heterocycles. The first-order valence-electron chi connectivity index (χ1n) is 4.27. The lowest BCUT2D eigenvalue weighted by Gasteiger charge is -2.13. The van der Waals surface area contributed by atoms with Gasteiger partial charge in [0.1, 0.15) is 11.8 Å². The number of benzene rings is 1. The van der Waals surface area contributed by atoms with Crippen LogP contribution in [0.3, 0.4) is 0 Å². The van der Waals surface area contributed by atoms with Crippen LogP contribution in [0.2, 0.25) is 0 Å². The van der Waals surface area contributed by atoms with Crippen LogP contribution in [0.1, 0.15) is 6.92 Å². The van der Waals surface area contributed by atoms with Crippen LogP contribution in [-0.4, -0.2) is 24.2 Å². The monoisotopic (exact) mass is 195 g/mol. The predicted molar refractivity (Wildman–Crippen MR) is 53.7 cm³/mol. The predicted octanol–water partition coefficient (Wildman–Crippen LogP) is 1.58. The van der Waals surface area contributed by atoms with Gasteiger partial charge in [-0.1, -0.05) is 12.1 Å². The van der Waals surface area contributed by atoms with Crippen molar-refractivity contribution in [1.82, 2.24) is 0 Å². The highest BCUT2D eigenvalue weighted by Crippen LogP contribution is 2.23. The summed E-state index contributed by atoms with van der Waals surface area (Å²) >= 11 is 0. The van der Waals surface area contributed by atoms with Gasteiger partial charge in [-0.15, -0.1) is 0 Å². The number of carboxylic acid groups (broad SMARTS) is 1. The topological polar surface area (TPSA) is 58.6 Å². The Hall–Kier alpha value is -1.71. The van der Waals surface area contributed by atoms with Crippen molar-refractivity contribution >= 4 is 11.7 Å². The number of methoxy groups -OCH3 is 1. The molecule has 0 bridgehead atoms. The summed E-state index contributed by atoms with van der Waals surface area (Å²) in [4.78, 5) is 10.6. The summed E-state index contributed by atoms with van der Waals surface area (Å²) in [5, 5.41) is 11.5. The average Bonchev–Trinajstić information content (AvgIpc) is 2.18. The number of nitrogens with one attached hydrogen (secondary N) is 1. The molecule has 1 rings (SSSR count). The summed E-state index contributed by atoms with van der Waals surface area (Å²) in [6, 6.07) is 6.57. The van der Waals surface area contributed by atoms with Crippen LogP contribution in [0.25, 0.3) is 0 Å². The van der Waals surface area contributed by atoms with E-state index >= 15 is 0 Å². The Kier molecular flexibility index (Phi) is 3.34. The summed E-state index contributed by atoms with van der Waals surface area (Å²) in [6.45, 7) is 1.58. The average molecular weight is 195 g/mol. The van der Waals surface area contributed by atoms with Crippen molar-refractivity contribution in [1.29, 1.82) is 0 Å². The molecule has 4 heteroatoms. The van der Waals surface area contributed by atoms with Crippen LogP contribution in [0.4, 0.5) is 5.69 Å². The highest BCUT2D eigenvalue weighted by atomic mass is 16.5. The van der Waals surface area contributed by atoms with Gasteiger partial charge in [0.15, 0.2) is 0 Å². The molecule has 1 atom stereocenters. The van der Waals surface area contributed by atoms with Gasteiger partial charge in [-0.05, 0) is 19.1 Å². The minimum Gasteiger partial charge on any atom is -0.495 e. The molecule has 1 aromatic carbocycles. The number of rotatable bonds is 4. The molecule has 0 saturated carbocycles. The normalized spacial score (nSPS) is 11.9. The smallest absolute Gasteiger partial charge is 0.325 e. The van der Waals surface area contributed by atoms with Crippen molar-refractivity contribution in [3.63, 3.8) is 0 Å². The maximum Gasteiger partial charge on any atom is 0.325 e. The molecule has 0 unspecified atom stereocenters. The summed E-state index contributed by atoms with van der Waals surface area (Å²) < 4.78 is 5.07. The van der Waals surface area contributed by atoms with Crippen molar-refractivity contribution in [3.8, 4) is 5.75 Å². The van der Waals surface area contributed by atoms with Gasteiger partial charge in [0.25, 0.3) is 0 Å². The lowest BCUT2D eigenvalue weighted by atomic mass is 10.2. The molecular weight excluding hydrogens is 182 g/mol. The second-order valence-corrected chi connectivity index (χ2v) is 2.90. The Labute approximate surface area is 82.5 Å². The van der Waals surface area contributed by atoms with Gasteiger partial charge in [-0.25, -0.2) is 0 Å². The van der Waals surface area contributed by atoms with E-state index in [1.165, 1.54) is 0 Å². The van der Waals surface area contributed by atoms with E-state index in [-0.39, 0.29) is 0 Å². The number of aliphatic carboxylic acids is 1. The van der Waals surface area contributed by atoms with E-state index in [1.807, 2.05) is 12.1 Å². The molecule has 0 radical (unpaired) electrons. The molecule has 0 aliphatic heterocycles. The molecule has 0 heterocycles. The van der Waals surface area contributed by atoms with Gasteiger partial charge in [-0.2, -0.15) is 0 Å². The Balaban J connectivity index is 2.80. The summed E-state index contributed by atoms with van der Waals surface area (Å²) in [5.41, 5.74) is 0.685. The Morgan fingerprint density at radius 3 is 2.71 bits per heavy atom. The van der Waals surface area contributed by atoms with Crippen LogP contribution in [0.5, 0.6) is 5.75 Å². The fourth-order valence-electron chi connectivity index (χ4n) is 1.06. The lowest BCUT2D eigenvalue weighted by molar-refractivity contribution is -0.137. The quantitative estimate of drug-likeness (QED) is 0.765. The molecular formula is C10H13NO3. The van der Waals surface area contributed by atoms with Gasteiger partial charge in [0.2, 0.25) is 0 Å². The molecule has 0 amide bonds. The van der Waals surface area contributed by atoms with Gasteiger partial charge in [0, 0.05) is 0 Å². The van der Waals surface area contributed by atoms with E-state index in [1.54, 1.807) is 26.2 Å². The standard InChI is InChI=1S/C10H13NO3/c1-7(10(12)13)11-8-5-3-4-6-9(8)14-2/h3-7,11H,1-2H3,(H,12,13)/t7-/m1/s1. The first-order chi connectivity index (χ1) is 6.65. The lowest BCUT2D eigenvalue weighted by Crippen LogP contribution is -2.25. The SMILES string of the molecule is COc1ccccc1N[C@H](C)C(=O)O. The van der Waals surface area contributed by atoms with Crippen molar-refractivity contribution in [3.05, 3.63) is 24.3 Å². The zero-order valence-corrected chi connectivity index (χ0v) is 8.15. The number of carbonyl (C=O) groups is 1. The Morgan fingerprint density at radius 2 is 2.14 bits per heavy atom. The Morgan fingerprint density at radius 1 is 1.50 bits per heavy atom. The van der Waals surface area contributed by atoms with Gasteiger partial charge in [0.05, 0.1) is 12.8 Å². The minimum atomic E-state index is -0.893. The zero-order valence-electron chi connectivity index (χ0n) is 8.15. The highest BCUT2D eigenvalue weighted by Gasteiger charge is 2.11. The van der Waals surface area contributed by atoms with E-state index in [4.69, 9.17) is 9.84 Å². The number of hydrogen-bond acceptors (Lipinski definition) is 3. The van der Waals surface area contributed by atoms with Crippen LogP contribution < -0.4 is 10.1 Å². The van der Waals surface area contributed by atoms with Crippen LogP contribution in [-0.2, 0) is 4.79 Å². The minimum absolute atomic E-state index is 0.633. The third kappa shape index (κ3) is 2.39. The van der Waals surface area contributed by atoms with Crippen molar-refractivity contribution in [2.75, 3.05) is 12.4 Å². The van der Waals surface area contributed by atoms with E-state index < -0.39 is 12.0 Å². The van der Waals surface area contributed by atoms with Crippen molar-refractivity contribution in [2.24, 2.45) is 0 Å². The molecule has 1 aromatic rings. The molecule has 0 fully saturated rings. The summed E-state index contributed by atoms with van der Waals surface area (Å²) in [6.07, 6.45) is 0. The van der Waals surface area contributed by atoms with Crippen LogP contribution in [0, 0.1) is 0 Å². The molecule has 76 valence electrons. The maximum atomic E-state index is 10.6. The molecule has 0 spiro atoms. The second kappa shape index (κ2) is 4.50. The van der Waals surface area contributed by atoms with E-state index in [0.717, 1.165) is 0 Å². The number of para-hydroxylation sites is 2. The van der Waals surface area contributed by atoms with Gasteiger partial charge in [-0.3, -0.25) is 4.79 Å². The number of anilines is 1. The largest absolute Gasteiger partial charge is 0.495 e. The van der Waals surface area contributed by atoms with E-state index in [0.29, 0.717) is 11.4 Å². The van der Waals surface area contributed by atoms with E-state index in [9.17, 15) is 4.79 Å². The van der Waals surface area contributed by atoms with Crippen LogP contribution >= 0.6 is 0 Å². The molecule has 0 saturated heterocycles. The highest BCUT2D eigenvalue weighted by molar-refractivity contribution is 5.77. The number of carboxylic acids is 1. The fraction of sp³-hybridized carbons (Fsp3) is 0.300. The van der Waals surface area contributed by atoms with Crippen LogP contribution in [0.15, 0.2) is 24.3 Å². The molecule has 4 nitrogen and oxygen atoms in total. The zero-order chi connectivity index (χ0) is 10.6. The summed E-state index contributed by atoms with van der Waals surface area (Å²) in [5.74, 6) is -0.253. The molecule has 14 heavy (non-hydrogen) atoms. The Bertz CT molecular complexity index is 325. The first kappa shape index (κ1) is 10.4. The van der Waals surface area contributed by atoms with E-state index in [2.05, 4.69) is 5.32 Å². The third-order valence-electron chi connectivity index (χ3n) is 1.85. The number of hydrogen-bond donors (Lipinski definition) is 2. The number of ether oxygens (including phenoxy) is 1. The van der Waals surface area contributed by atoms with Crippen molar-refractivity contribution in [2.45, 2.75) is 13.0 Å². The van der Waals surface area contributed by atoms with Gasteiger partial charge >= 0.3 is 5.97 Å². The fourth-order valence-corrected chi connectivity index (χ4v) is 1.06. The third-order valence-corrected chi connectivity index (χ3v) is 1.85. The molecule has 2 N–H and O–H groups in total. The second-order valence-electron chi connectivity index (χ2n) is 2.90. The maximum absolute atomic E-state index is 10.6. The first-order valence-corrected chi connectivity index (χ1v) is 4.27.